The van der Waals surface area contributed by atoms with Crippen molar-refractivity contribution in [1.29, 1.82) is 0 Å². The van der Waals surface area contributed by atoms with E-state index in [1.165, 1.54) is 11.3 Å². The molecule has 0 aliphatic carbocycles. The molecule has 140 valence electrons. The second-order valence-corrected chi connectivity index (χ2v) is 7.55. The van der Waals surface area contributed by atoms with Crippen molar-refractivity contribution in [2.24, 2.45) is 0 Å². The third-order valence-corrected chi connectivity index (χ3v) is 5.52. The number of aryl methyl sites for hydroxylation is 1. The third kappa shape index (κ3) is 4.95. The van der Waals surface area contributed by atoms with Gasteiger partial charge in [0.1, 0.15) is 18.1 Å². The molecule has 0 spiro atoms. The fourth-order valence-electron chi connectivity index (χ4n) is 2.38. The molecule has 0 saturated heterocycles. The zero-order chi connectivity index (χ0) is 19.4. The van der Waals surface area contributed by atoms with Gasteiger partial charge < -0.3 is 14.8 Å². The normalized spacial score (nSPS) is 10.5. The van der Waals surface area contributed by atoms with E-state index < -0.39 is 0 Å². The van der Waals surface area contributed by atoms with Crippen molar-refractivity contribution in [2.75, 3.05) is 12.4 Å². The summed E-state index contributed by atoms with van der Waals surface area (Å²) in [6.45, 7) is 2.30. The van der Waals surface area contributed by atoms with Crippen molar-refractivity contribution in [2.45, 2.75) is 13.5 Å². The summed E-state index contributed by atoms with van der Waals surface area (Å²) in [7, 11) is 1.54. The summed E-state index contributed by atoms with van der Waals surface area (Å²) < 4.78 is 10.9. The van der Waals surface area contributed by atoms with E-state index in [0.717, 1.165) is 16.9 Å². The molecular formula is C20H17Cl2NO3S. The van der Waals surface area contributed by atoms with Crippen LogP contribution in [-0.4, -0.2) is 13.0 Å². The maximum Gasteiger partial charge on any atom is 0.265 e. The SMILES string of the molecule is COc1ccc(NC(=O)c2cc(COc3ccc(Cl)c(C)c3)cs2)cc1Cl. The number of carbonyl (C=O) groups is 1. The van der Waals surface area contributed by atoms with E-state index in [-0.39, 0.29) is 5.91 Å². The highest BCUT2D eigenvalue weighted by molar-refractivity contribution is 7.12. The van der Waals surface area contributed by atoms with Gasteiger partial charge in [-0.05, 0) is 60.3 Å². The van der Waals surface area contributed by atoms with Crippen LogP contribution in [0.25, 0.3) is 0 Å². The zero-order valence-electron chi connectivity index (χ0n) is 14.7. The summed E-state index contributed by atoms with van der Waals surface area (Å²) >= 11 is 13.5. The molecule has 0 fully saturated rings. The Morgan fingerprint density at radius 3 is 2.63 bits per heavy atom. The highest BCUT2D eigenvalue weighted by Gasteiger charge is 2.11. The largest absolute Gasteiger partial charge is 0.495 e. The average molecular weight is 422 g/mol. The predicted octanol–water partition coefficient (Wildman–Crippen LogP) is 6.20. The van der Waals surface area contributed by atoms with Crippen LogP contribution in [-0.2, 0) is 6.61 Å². The fraction of sp³-hybridized carbons (Fsp3) is 0.150. The molecule has 0 unspecified atom stereocenters. The highest BCUT2D eigenvalue weighted by atomic mass is 35.5. The number of thiophene rings is 1. The van der Waals surface area contributed by atoms with Crippen molar-refractivity contribution >= 4 is 46.1 Å². The number of rotatable bonds is 6. The van der Waals surface area contributed by atoms with Crippen molar-refractivity contribution in [3.8, 4) is 11.5 Å². The summed E-state index contributed by atoms with van der Waals surface area (Å²) in [6, 6.07) is 12.4. The molecule has 3 aromatic rings. The molecule has 1 amide bonds. The van der Waals surface area contributed by atoms with Crippen LogP contribution in [0.15, 0.2) is 47.8 Å². The Hall–Kier alpha value is -2.21. The first kappa shape index (κ1) is 19.5. The van der Waals surface area contributed by atoms with Crippen LogP contribution in [0.1, 0.15) is 20.8 Å². The van der Waals surface area contributed by atoms with Gasteiger partial charge in [0, 0.05) is 16.3 Å². The maximum atomic E-state index is 12.4. The van der Waals surface area contributed by atoms with Gasteiger partial charge in [-0.25, -0.2) is 0 Å². The van der Waals surface area contributed by atoms with E-state index in [2.05, 4.69) is 5.32 Å². The van der Waals surface area contributed by atoms with Crippen LogP contribution in [0, 0.1) is 6.92 Å². The second-order valence-electron chi connectivity index (χ2n) is 5.82. The third-order valence-electron chi connectivity index (χ3n) is 3.82. The van der Waals surface area contributed by atoms with Gasteiger partial charge in [0.05, 0.1) is 17.0 Å². The summed E-state index contributed by atoms with van der Waals surface area (Å²) in [4.78, 5) is 13.0. The predicted molar refractivity (Wildman–Crippen MR) is 111 cm³/mol. The minimum absolute atomic E-state index is 0.199. The monoisotopic (exact) mass is 421 g/mol. The molecular weight excluding hydrogens is 405 g/mol. The first-order valence-corrected chi connectivity index (χ1v) is 9.71. The minimum Gasteiger partial charge on any atom is -0.495 e. The van der Waals surface area contributed by atoms with Gasteiger partial charge in [-0.3, -0.25) is 4.79 Å². The lowest BCUT2D eigenvalue weighted by atomic mass is 10.2. The van der Waals surface area contributed by atoms with E-state index >= 15 is 0 Å². The topological polar surface area (TPSA) is 47.6 Å². The van der Waals surface area contributed by atoms with E-state index in [1.807, 2.05) is 30.5 Å². The fourth-order valence-corrected chi connectivity index (χ4v) is 3.55. The van der Waals surface area contributed by atoms with Gasteiger partial charge in [-0.15, -0.1) is 11.3 Å². The Balaban J connectivity index is 1.61. The lowest BCUT2D eigenvalue weighted by Gasteiger charge is -2.07. The van der Waals surface area contributed by atoms with Gasteiger partial charge in [-0.1, -0.05) is 23.2 Å². The van der Waals surface area contributed by atoms with Crippen molar-refractivity contribution in [3.63, 3.8) is 0 Å². The summed E-state index contributed by atoms with van der Waals surface area (Å²) in [5.41, 5.74) is 2.48. The van der Waals surface area contributed by atoms with Gasteiger partial charge in [0.25, 0.3) is 5.91 Å². The van der Waals surface area contributed by atoms with Crippen molar-refractivity contribution in [1.82, 2.24) is 0 Å². The van der Waals surface area contributed by atoms with Crippen LogP contribution >= 0.6 is 34.5 Å². The molecule has 4 nitrogen and oxygen atoms in total. The Morgan fingerprint density at radius 1 is 1.11 bits per heavy atom. The first-order chi connectivity index (χ1) is 13.0. The van der Waals surface area contributed by atoms with Crippen LogP contribution in [0.2, 0.25) is 10.0 Å². The van der Waals surface area contributed by atoms with E-state index in [0.29, 0.717) is 33.0 Å². The van der Waals surface area contributed by atoms with Crippen molar-refractivity contribution < 1.29 is 14.3 Å². The Kier molecular flexibility index (Phi) is 6.26. The lowest BCUT2D eigenvalue weighted by molar-refractivity contribution is 0.103. The number of carbonyl (C=O) groups excluding carboxylic acids is 1. The molecule has 1 aromatic heterocycles. The number of hydrogen-bond acceptors (Lipinski definition) is 4. The molecule has 0 saturated carbocycles. The summed E-state index contributed by atoms with van der Waals surface area (Å²) in [5.74, 6) is 1.10. The highest BCUT2D eigenvalue weighted by Crippen LogP contribution is 2.28. The van der Waals surface area contributed by atoms with Crippen LogP contribution in [0.5, 0.6) is 11.5 Å². The number of benzene rings is 2. The quantitative estimate of drug-likeness (QED) is 0.514. The van der Waals surface area contributed by atoms with Gasteiger partial charge in [-0.2, -0.15) is 0 Å². The number of halogens is 2. The van der Waals surface area contributed by atoms with E-state index in [4.69, 9.17) is 32.7 Å². The van der Waals surface area contributed by atoms with Crippen LogP contribution in [0.4, 0.5) is 5.69 Å². The summed E-state index contributed by atoms with van der Waals surface area (Å²) in [5, 5.41) is 5.87. The Morgan fingerprint density at radius 2 is 1.93 bits per heavy atom. The molecule has 1 heterocycles. The number of hydrogen-bond donors (Lipinski definition) is 1. The molecule has 0 aliphatic heterocycles. The molecule has 0 atom stereocenters. The van der Waals surface area contributed by atoms with E-state index in [1.54, 1.807) is 31.4 Å². The average Bonchev–Trinajstić information content (AvgIpc) is 3.12. The van der Waals surface area contributed by atoms with Gasteiger partial charge in [0.15, 0.2) is 0 Å². The number of anilines is 1. The molecule has 1 N–H and O–H groups in total. The molecule has 2 aromatic carbocycles. The van der Waals surface area contributed by atoms with Crippen LogP contribution in [0.3, 0.4) is 0 Å². The standard InChI is InChI=1S/C20H17Cl2NO3S/c1-12-7-15(4-5-16(12)21)26-10-13-8-19(27-11-13)20(24)23-14-3-6-18(25-2)17(22)9-14/h3-9,11H,10H2,1-2H3,(H,23,24). The van der Waals surface area contributed by atoms with Crippen LogP contribution < -0.4 is 14.8 Å². The molecule has 0 radical (unpaired) electrons. The smallest absolute Gasteiger partial charge is 0.265 e. The number of ether oxygens (including phenoxy) is 2. The second kappa shape index (κ2) is 8.65. The zero-order valence-corrected chi connectivity index (χ0v) is 17.0. The molecule has 7 heteroatoms. The lowest BCUT2D eigenvalue weighted by Crippen LogP contribution is -2.10. The summed E-state index contributed by atoms with van der Waals surface area (Å²) in [6.07, 6.45) is 0. The van der Waals surface area contributed by atoms with E-state index in [9.17, 15) is 4.79 Å². The number of methoxy groups -OCH3 is 1. The Bertz CT molecular complexity index is 972. The number of amides is 1. The molecule has 27 heavy (non-hydrogen) atoms. The minimum atomic E-state index is -0.199. The number of nitrogens with one attached hydrogen (secondary N) is 1. The molecule has 0 aliphatic rings. The molecule has 3 rings (SSSR count). The Labute approximate surface area is 171 Å². The van der Waals surface area contributed by atoms with Crippen molar-refractivity contribution in [3.05, 3.63) is 73.9 Å². The van der Waals surface area contributed by atoms with Gasteiger partial charge in [0.2, 0.25) is 0 Å². The van der Waals surface area contributed by atoms with Gasteiger partial charge >= 0.3 is 0 Å². The molecule has 0 bridgehead atoms. The first-order valence-electron chi connectivity index (χ1n) is 8.07. The maximum absolute atomic E-state index is 12.4.